The molecule has 0 radical (unpaired) electrons. The summed E-state index contributed by atoms with van der Waals surface area (Å²) in [4.78, 5) is 23.5. The van der Waals surface area contributed by atoms with Gasteiger partial charge in [-0.25, -0.2) is 9.59 Å². The summed E-state index contributed by atoms with van der Waals surface area (Å²) in [6.45, 7) is 0.564. The standard InChI is InChI=1S/C12H19F3N2O3/c1-8-3-5-11(6-4-8,9(18)19)16-10(20)17(2)7-12(13,14)15/h8H,3-7H2,1-2H3,(H,16,20)(H,18,19). The molecule has 1 fully saturated rings. The number of alkyl halides is 3. The highest BCUT2D eigenvalue weighted by molar-refractivity contribution is 5.86. The van der Waals surface area contributed by atoms with Crippen LogP contribution in [-0.2, 0) is 4.79 Å². The Morgan fingerprint density at radius 3 is 2.25 bits per heavy atom. The molecule has 5 nitrogen and oxygen atoms in total. The normalized spacial score (nSPS) is 26.9. The molecule has 8 heteroatoms. The molecule has 1 rings (SSSR count). The number of hydrogen-bond donors (Lipinski definition) is 2. The molecule has 20 heavy (non-hydrogen) atoms. The van der Waals surface area contributed by atoms with Gasteiger partial charge in [0.15, 0.2) is 0 Å². The van der Waals surface area contributed by atoms with Gasteiger partial charge in [0, 0.05) is 7.05 Å². The molecule has 0 atom stereocenters. The Hall–Kier alpha value is -1.47. The van der Waals surface area contributed by atoms with Crippen LogP contribution in [0, 0.1) is 5.92 Å². The first-order chi connectivity index (χ1) is 9.06. The first kappa shape index (κ1) is 16.6. The number of halogens is 3. The third kappa shape index (κ3) is 4.28. The van der Waals surface area contributed by atoms with E-state index in [2.05, 4.69) is 5.32 Å². The first-order valence-electron chi connectivity index (χ1n) is 6.39. The van der Waals surface area contributed by atoms with Gasteiger partial charge in [-0.05, 0) is 31.6 Å². The fraction of sp³-hybridized carbons (Fsp3) is 0.833. The second-order valence-electron chi connectivity index (χ2n) is 5.47. The number of carboxylic acids is 1. The van der Waals surface area contributed by atoms with E-state index in [1.165, 1.54) is 0 Å². The highest BCUT2D eigenvalue weighted by Gasteiger charge is 2.43. The van der Waals surface area contributed by atoms with Crippen LogP contribution in [0.15, 0.2) is 0 Å². The largest absolute Gasteiger partial charge is 0.480 e. The third-order valence-electron chi connectivity index (χ3n) is 3.65. The molecule has 1 saturated carbocycles. The number of nitrogens with zero attached hydrogens (tertiary/aromatic N) is 1. The van der Waals surface area contributed by atoms with Crippen LogP contribution in [0.1, 0.15) is 32.6 Å². The van der Waals surface area contributed by atoms with Gasteiger partial charge in [-0.3, -0.25) is 0 Å². The van der Waals surface area contributed by atoms with Gasteiger partial charge in [-0.15, -0.1) is 0 Å². The molecule has 0 aromatic rings. The molecule has 0 aromatic carbocycles. The lowest BCUT2D eigenvalue weighted by atomic mass is 9.77. The molecule has 2 N–H and O–H groups in total. The number of carbonyl (C=O) groups is 2. The van der Waals surface area contributed by atoms with E-state index < -0.39 is 30.3 Å². The van der Waals surface area contributed by atoms with Crippen molar-refractivity contribution in [1.82, 2.24) is 10.2 Å². The van der Waals surface area contributed by atoms with Crippen LogP contribution in [0.4, 0.5) is 18.0 Å². The second-order valence-corrected chi connectivity index (χ2v) is 5.47. The van der Waals surface area contributed by atoms with E-state index in [1.807, 2.05) is 6.92 Å². The van der Waals surface area contributed by atoms with Gasteiger partial charge >= 0.3 is 18.2 Å². The molecule has 1 aliphatic carbocycles. The molecule has 0 saturated heterocycles. The van der Waals surface area contributed by atoms with E-state index in [1.54, 1.807) is 0 Å². The SMILES string of the molecule is CC1CCC(NC(=O)N(C)CC(F)(F)F)(C(=O)O)CC1. The van der Waals surface area contributed by atoms with Crippen molar-refractivity contribution in [2.45, 2.75) is 44.3 Å². The number of carbonyl (C=O) groups excluding carboxylic acids is 1. The van der Waals surface area contributed by atoms with Gasteiger partial charge in [0.1, 0.15) is 12.1 Å². The Balaban J connectivity index is 2.72. The molecule has 0 aromatic heterocycles. The van der Waals surface area contributed by atoms with Crippen molar-refractivity contribution < 1.29 is 27.9 Å². The maximum absolute atomic E-state index is 12.2. The van der Waals surface area contributed by atoms with E-state index in [0.717, 1.165) is 7.05 Å². The Kier molecular flexibility index (Phi) is 4.88. The molecule has 0 aliphatic heterocycles. The lowest BCUT2D eigenvalue weighted by molar-refractivity contribution is -0.146. The summed E-state index contributed by atoms with van der Waals surface area (Å²) in [7, 11) is 0.990. The summed E-state index contributed by atoms with van der Waals surface area (Å²) >= 11 is 0. The summed E-state index contributed by atoms with van der Waals surface area (Å²) in [6.07, 6.45) is -2.81. The fourth-order valence-corrected chi connectivity index (χ4v) is 2.29. The van der Waals surface area contributed by atoms with Crippen LogP contribution in [0.25, 0.3) is 0 Å². The van der Waals surface area contributed by atoms with Gasteiger partial charge in [0.2, 0.25) is 0 Å². The van der Waals surface area contributed by atoms with Crippen LogP contribution in [0.5, 0.6) is 0 Å². The van der Waals surface area contributed by atoms with Crippen molar-refractivity contribution in [2.24, 2.45) is 5.92 Å². The van der Waals surface area contributed by atoms with Gasteiger partial charge in [0.05, 0.1) is 0 Å². The molecule has 0 unspecified atom stereocenters. The van der Waals surface area contributed by atoms with E-state index in [0.29, 0.717) is 23.7 Å². The average Bonchev–Trinajstić information content (AvgIpc) is 2.29. The van der Waals surface area contributed by atoms with Gasteiger partial charge in [-0.1, -0.05) is 6.92 Å². The number of nitrogens with one attached hydrogen (secondary N) is 1. The lowest BCUT2D eigenvalue weighted by Gasteiger charge is -2.37. The summed E-state index contributed by atoms with van der Waals surface area (Å²) in [5.74, 6) is -0.842. The van der Waals surface area contributed by atoms with E-state index >= 15 is 0 Å². The van der Waals surface area contributed by atoms with E-state index in [-0.39, 0.29) is 12.8 Å². The zero-order valence-corrected chi connectivity index (χ0v) is 11.5. The zero-order chi connectivity index (χ0) is 15.6. The Labute approximate surface area is 115 Å². The first-order valence-corrected chi connectivity index (χ1v) is 6.39. The van der Waals surface area contributed by atoms with E-state index in [4.69, 9.17) is 0 Å². The minimum Gasteiger partial charge on any atom is -0.480 e. The molecule has 0 heterocycles. The van der Waals surface area contributed by atoms with Crippen LogP contribution in [-0.4, -0.2) is 47.3 Å². The van der Waals surface area contributed by atoms with Crippen LogP contribution in [0.3, 0.4) is 0 Å². The third-order valence-corrected chi connectivity index (χ3v) is 3.65. The Bertz CT molecular complexity index is 377. The van der Waals surface area contributed by atoms with Crippen molar-refractivity contribution >= 4 is 12.0 Å². The summed E-state index contributed by atoms with van der Waals surface area (Å²) in [5, 5.41) is 11.5. The van der Waals surface area contributed by atoms with Crippen LogP contribution >= 0.6 is 0 Å². The monoisotopic (exact) mass is 296 g/mol. The van der Waals surface area contributed by atoms with Gasteiger partial charge < -0.3 is 15.3 Å². The number of aliphatic carboxylic acids is 1. The summed E-state index contributed by atoms with van der Waals surface area (Å²) < 4.78 is 36.6. The van der Waals surface area contributed by atoms with Crippen molar-refractivity contribution in [1.29, 1.82) is 0 Å². The number of urea groups is 1. The topological polar surface area (TPSA) is 69.6 Å². The smallest absolute Gasteiger partial charge is 0.406 e. The zero-order valence-electron chi connectivity index (χ0n) is 11.5. The van der Waals surface area contributed by atoms with Crippen LogP contribution in [0.2, 0.25) is 0 Å². The van der Waals surface area contributed by atoms with Gasteiger partial charge in [0.25, 0.3) is 0 Å². The van der Waals surface area contributed by atoms with Crippen molar-refractivity contribution in [3.63, 3.8) is 0 Å². The molecular formula is C12H19F3N2O3. The average molecular weight is 296 g/mol. The molecule has 116 valence electrons. The van der Waals surface area contributed by atoms with Crippen molar-refractivity contribution in [3.05, 3.63) is 0 Å². The lowest BCUT2D eigenvalue weighted by Crippen LogP contribution is -2.59. The maximum atomic E-state index is 12.2. The minimum absolute atomic E-state index is 0.231. The highest BCUT2D eigenvalue weighted by atomic mass is 19.4. The molecule has 2 amide bonds. The molecule has 0 bridgehead atoms. The number of rotatable bonds is 3. The Morgan fingerprint density at radius 2 is 1.85 bits per heavy atom. The quantitative estimate of drug-likeness (QED) is 0.839. The van der Waals surface area contributed by atoms with Gasteiger partial charge in [-0.2, -0.15) is 13.2 Å². The Morgan fingerprint density at radius 1 is 1.35 bits per heavy atom. The van der Waals surface area contributed by atoms with E-state index in [9.17, 15) is 27.9 Å². The van der Waals surface area contributed by atoms with Crippen molar-refractivity contribution in [3.8, 4) is 0 Å². The predicted octanol–water partition coefficient (Wildman–Crippen LogP) is 2.22. The summed E-state index contributed by atoms with van der Waals surface area (Å²) in [6, 6.07) is -1.01. The number of amides is 2. The molecule has 0 spiro atoms. The number of carboxylic acid groups (broad SMARTS) is 1. The highest BCUT2D eigenvalue weighted by Crippen LogP contribution is 2.32. The predicted molar refractivity (Wildman–Crippen MR) is 65.2 cm³/mol. The molecule has 1 aliphatic rings. The summed E-state index contributed by atoms with van der Waals surface area (Å²) in [5.41, 5.74) is -1.45. The van der Waals surface area contributed by atoms with Crippen molar-refractivity contribution in [2.75, 3.05) is 13.6 Å². The fourth-order valence-electron chi connectivity index (χ4n) is 2.29. The molecular weight excluding hydrogens is 277 g/mol. The minimum atomic E-state index is -4.51. The maximum Gasteiger partial charge on any atom is 0.406 e. The number of hydrogen-bond acceptors (Lipinski definition) is 2. The van der Waals surface area contributed by atoms with Crippen LogP contribution < -0.4 is 5.32 Å². The second kappa shape index (κ2) is 5.88.